The van der Waals surface area contributed by atoms with Crippen LogP contribution in [0, 0.1) is 18.3 Å². The first-order valence-electron chi connectivity index (χ1n) is 6.82. The van der Waals surface area contributed by atoms with Crippen molar-refractivity contribution in [1.82, 2.24) is 0 Å². The molecule has 3 rings (SSSR count). The van der Waals surface area contributed by atoms with Gasteiger partial charge < -0.3 is 10.1 Å². The average molecular weight is 264 g/mol. The van der Waals surface area contributed by atoms with Crippen molar-refractivity contribution in [3.8, 4) is 17.6 Å². The number of ether oxygens (including phenoxy) is 1. The lowest BCUT2D eigenvalue weighted by Crippen LogP contribution is -2.12. The van der Waals surface area contributed by atoms with Gasteiger partial charge in [0.05, 0.1) is 11.3 Å². The Labute approximate surface area is 118 Å². The number of nitrogens with one attached hydrogen (secondary N) is 1. The zero-order chi connectivity index (χ0) is 13.9. The summed E-state index contributed by atoms with van der Waals surface area (Å²) in [5.74, 6) is 1.40. The Morgan fingerprint density at radius 3 is 2.95 bits per heavy atom. The van der Waals surface area contributed by atoms with E-state index < -0.39 is 0 Å². The molecule has 0 fully saturated rings. The highest BCUT2D eigenvalue weighted by Gasteiger charge is 2.15. The Morgan fingerprint density at radius 1 is 1.20 bits per heavy atom. The fourth-order valence-corrected chi connectivity index (χ4v) is 2.50. The Bertz CT molecular complexity index is 686. The first kappa shape index (κ1) is 12.6. The zero-order valence-electron chi connectivity index (χ0n) is 11.4. The minimum Gasteiger partial charge on any atom is -0.454 e. The van der Waals surface area contributed by atoms with Crippen molar-refractivity contribution in [2.24, 2.45) is 0 Å². The van der Waals surface area contributed by atoms with E-state index in [4.69, 9.17) is 4.74 Å². The predicted molar refractivity (Wildman–Crippen MR) is 79.2 cm³/mol. The van der Waals surface area contributed by atoms with E-state index in [1.165, 1.54) is 5.56 Å². The highest BCUT2D eigenvalue weighted by atomic mass is 16.5. The Hall–Kier alpha value is -2.47. The highest BCUT2D eigenvalue weighted by molar-refractivity contribution is 5.64. The lowest BCUT2D eigenvalue weighted by atomic mass is 10.0. The van der Waals surface area contributed by atoms with E-state index in [1.54, 1.807) is 0 Å². The molecule has 0 aliphatic carbocycles. The third kappa shape index (κ3) is 2.33. The van der Waals surface area contributed by atoms with Crippen LogP contribution in [0.5, 0.6) is 11.5 Å². The van der Waals surface area contributed by atoms with Gasteiger partial charge in [-0.1, -0.05) is 18.2 Å². The molecule has 1 N–H and O–H groups in total. The molecule has 0 spiro atoms. The molecule has 0 amide bonds. The van der Waals surface area contributed by atoms with Crippen molar-refractivity contribution in [2.45, 2.75) is 19.8 Å². The molecule has 100 valence electrons. The van der Waals surface area contributed by atoms with Crippen molar-refractivity contribution in [1.29, 1.82) is 5.26 Å². The van der Waals surface area contributed by atoms with Gasteiger partial charge in [-0.25, -0.2) is 0 Å². The minimum atomic E-state index is 0.568. The standard InChI is InChI=1S/C17H16N2O/c1-12-7-8-15(14(10-12)11-18)20-16-6-2-4-13-5-3-9-19-17(13)16/h2,4,6-8,10,19H,3,5,9H2,1H3. The quantitative estimate of drug-likeness (QED) is 0.891. The van der Waals surface area contributed by atoms with Gasteiger partial charge in [0.25, 0.3) is 0 Å². The van der Waals surface area contributed by atoms with Crippen LogP contribution in [-0.2, 0) is 6.42 Å². The maximum atomic E-state index is 9.21. The van der Waals surface area contributed by atoms with Gasteiger partial charge in [-0.05, 0) is 49.1 Å². The largest absolute Gasteiger partial charge is 0.454 e. The second kappa shape index (κ2) is 5.26. The average Bonchev–Trinajstić information content (AvgIpc) is 2.49. The number of nitriles is 1. The van der Waals surface area contributed by atoms with Gasteiger partial charge in [0.2, 0.25) is 0 Å². The summed E-state index contributed by atoms with van der Waals surface area (Å²) in [6.45, 7) is 2.93. The van der Waals surface area contributed by atoms with Gasteiger partial charge in [-0.15, -0.1) is 0 Å². The molecule has 3 nitrogen and oxygen atoms in total. The van der Waals surface area contributed by atoms with Crippen LogP contribution >= 0.6 is 0 Å². The van der Waals surface area contributed by atoms with E-state index in [9.17, 15) is 5.26 Å². The maximum absolute atomic E-state index is 9.21. The van der Waals surface area contributed by atoms with Gasteiger partial charge in [-0.3, -0.25) is 0 Å². The summed E-state index contributed by atoms with van der Waals surface area (Å²) < 4.78 is 5.97. The van der Waals surface area contributed by atoms with E-state index in [1.807, 2.05) is 37.3 Å². The maximum Gasteiger partial charge on any atom is 0.150 e. The first-order chi connectivity index (χ1) is 9.78. The number of nitrogens with zero attached hydrogens (tertiary/aromatic N) is 1. The van der Waals surface area contributed by atoms with Crippen LogP contribution in [0.2, 0.25) is 0 Å². The second-order valence-electron chi connectivity index (χ2n) is 5.03. The summed E-state index contributed by atoms with van der Waals surface area (Å²) in [4.78, 5) is 0. The highest BCUT2D eigenvalue weighted by Crippen LogP contribution is 2.36. The molecule has 1 heterocycles. The van der Waals surface area contributed by atoms with Gasteiger partial charge in [0, 0.05) is 6.54 Å². The van der Waals surface area contributed by atoms with Crippen LogP contribution in [0.3, 0.4) is 0 Å². The Morgan fingerprint density at radius 2 is 2.10 bits per heavy atom. The molecule has 2 aromatic carbocycles. The second-order valence-corrected chi connectivity index (χ2v) is 5.03. The van der Waals surface area contributed by atoms with Crippen LogP contribution in [0.4, 0.5) is 5.69 Å². The molecule has 0 radical (unpaired) electrons. The number of hydrogen-bond acceptors (Lipinski definition) is 3. The molecule has 3 heteroatoms. The molecule has 1 aliphatic rings. The molecular formula is C17H16N2O. The molecule has 0 unspecified atom stereocenters. The number of aryl methyl sites for hydroxylation is 2. The predicted octanol–water partition coefficient (Wildman–Crippen LogP) is 4.02. The number of benzene rings is 2. The zero-order valence-corrected chi connectivity index (χ0v) is 11.4. The van der Waals surface area contributed by atoms with Crippen molar-refractivity contribution in [3.05, 3.63) is 53.1 Å². The number of hydrogen-bond donors (Lipinski definition) is 1. The number of para-hydroxylation sites is 1. The monoisotopic (exact) mass is 264 g/mol. The Kier molecular flexibility index (Phi) is 3.30. The van der Waals surface area contributed by atoms with Crippen molar-refractivity contribution >= 4 is 5.69 Å². The molecular weight excluding hydrogens is 248 g/mol. The minimum absolute atomic E-state index is 0.568. The molecule has 1 aliphatic heterocycles. The number of anilines is 1. The molecule has 2 aromatic rings. The van der Waals surface area contributed by atoms with E-state index in [2.05, 4.69) is 17.5 Å². The summed E-state index contributed by atoms with van der Waals surface area (Å²) in [7, 11) is 0. The van der Waals surface area contributed by atoms with Crippen LogP contribution in [0.1, 0.15) is 23.1 Å². The first-order valence-corrected chi connectivity index (χ1v) is 6.82. The van der Waals surface area contributed by atoms with Crippen LogP contribution in [0.15, 0.2) is 36.4 Å². The lowest BCUT2D eigenvalue weighted by Gasteiger charge is -2.21. The molecule has 0 bridgehead atoms. The number of fused-ring (bicyclic) bond motifs is 1. The summed E-state index contributed by atoms with van der Waals surface area (Å²) in [6, 6.07) is 13.9. The Balaban J connectivity index is 1.98. The fraction of sp³-hybridized carbons (Fsp3) is 0.235. The molecule has 20 heavy (non-hydrogen) atoms. The molecule has 0 saturated heterocycles. The van der Waals surface area contributed by atoms with Gasteiger partial charge in [0.15, 0.2) is 5.75 Å². The van der Waals surface area contributed by atoms with Crippen molar-refractivity contribution < 1.29 is 4.74 Å². The lowest BCUT2D eigenvalue weighted by molar-refractivity contribution is 0.481. The number of rotatable bonds is 2. The van der Waals surface area contributed by atoms with Crippen molar-refractivity contribution in [2.75, 3.05) is 11.9 Å². The third-order valence-electron chi connectivity index (χ3n) is 3.51. The van der Waals surface area contributed by atoms with Crippen LogP contribution in [0.25, 0.3) is 0 Å². The van der Waals surface area contributed by atoms with Crippen LogP contribution < -0.4 is 10.1 Å². The normalized spacial score (nSPS) is 13.0. The molecule has 0 aromatic heterocycles. The van der Waals surface area contributed by atoms with Crippen LogP contribution in [-0.4, -0.2) is 6.54 Å². The topological polar surface area (TPSA) is 45.0 Å². The summed E-state index contributed by atoms with van der Waals surface area (Å²) >= 11 is 0. The fourth-order valence-electron chi connectivity index (χ4n) is 2.50. The summed E-state index contributed by atoms with van der Waals surface area (Å²) in [5.41, 5.74) is 3.96. The summed E-state index contributed by atoms with van der Waals surface area (Å²) in [5, 5.41) is 12.6. The van der Waals surface area contributed by atoms with Gasteiger partial charge >= 0.3 is 0 Å². The smallest absolute Gasteiger partial charge is 0.150 e. The van der Waals surface area contributed by atoms with E-state index >= 15 is 0 Å². The van der Waals surface area contributed by atoms with Crippen molar-refractivity contribution in [3.63, 3.8) is 0 Å². The molecule has 0 atom stereocenters. The SMILES string of the molecule is Cc1ccc(Oc2cccc3c2NCCC3)c(C#N)c1. The van der Waals surface area contributed by atoms with Gasteiger partial charge in [0.1, 0.15) is 11.8 Å². The van der Waals surface area contributed by atoms with E-state index in [0.717, 1.165) is 36.4 Å². The summed E-state index contributed by atoms with van der Waals surface area (Å²) in [6.07, 6.45) is 2.21. The third-order valence-corrected chi connectivity index (χ3v) is 3.51. The van der Waals surface area contributed by atoms with Gasteiger partial charge in [-0.2, -0.15) is 5.26 Å². The van der Waals surface area contributed by atoms with E-state index in [-0.39, 0.29) is 0 Å². The van der Waals surface area contributed by atoms with E-state index in [0.29, 0.717) is 11.3 Å². The molecule has 0 saturated carbocycles.